The second-order valence-electron chi connectivity index (χ2n) is 6.33. The fourth-order valence-electron chi connectivity index (χ4n) is 2.84. The summed E-state index contributed by atoms with van der Waals surface area (Å²) in [5, 5.41) is 23.5. The summed E-state index contributed by atoms with van der Waals surface area (Å²) in [6.07, 6.45) is -4.77. The molecule has 3 aromatic carbocycles. The van der Waals surface area contributed by atoms with E-state index in [2.05, 4.69) is 10.6 Å². The number of hydrogen-bond acceptors (Lipinski definition) is 4. The van der Waals surface area contributed by atoms with Gasteiger partial charge in [-0.05, 0) is 36.4 Å². The van der Waals surface area contributed by atoms with Crippen molar-refractivity contribution in [3.63, 3.8) is 0 Å². The van der Waals surface area contributed by atoms with E-state index in [1.165, 1.54) is 42.5 Å². The van der Waals surface area contributed by atoms with Crippen molar-refractivity contribution >= 4 is 46.3 Å². The molecule has 0 aliphatic rings. The van der Waals surface area contributed by atoms with Crippen molar-refractivity contribution in [1.29, 1.82) is 0 Å². The van der Waals surface area contributed by atoms with Crippen LogP contribution in [0.3, 0.4) is 0 Å². The first-order valence-corrected chi connectivity index (χ1v) is 9.05. The van der Waals surface area contributed by atoms with E-state index in [1.807, 2.05) is 0 Å². The van der Waals surface area contributed by atoms with Crippen LogP contribution in [-0.2, 0) is 6.18 Å². The summed E-state index contributed by atoms with van der Waals surface area (Å²) in [5.74, 6) is -2.52. The lowest BCUT2D eigenvalue weighted by atomic mass is 10.1. The SMILES string of the molecule is O=C(O)c1ccccc1Nc1cc(Cl)c(C(F)(F)F)cc1Nc1ccccc1C(=O)O. The molecule has 6 nitrogen and oxygen atoms in total. The molecule has 0 saturated carbocycles. The van der Waals surface area contributed by atoms with Gasteiger partial charge in [0.2, 0.25) is 0 Å². The van der Waals surface area contributed by atoms with Crippen LogP contribution in [0.4, 0.5) is 35.9 Å². The molecule has 0 aliphatic carbocycles. The van der Waals surface area contributed by atoms with Crippen LogP contribution in [-0.4, -0.2) is 22.2 Å². The van der Waals surface area contributed by atoms with Crippen LogP contribution < -0.4 is 10.6 Å². The lowest BCUT2D eigenvalue weighted by Gasteiger charge is -2.19. The number of aromatic carboxylic acids is 2. The average molecular weight is 451 g/mol. The van der Waals surface area contributed by atoms with Gasteiger partial charge >= 0.3 is 18.1 Å². The Labute approximate surface area is 178 Å². The summed E-state index contributed by atoms with van der Waals surface area (Å²) in [6.45, 7) is 0. The Hall–Kier alpha value is -3.72. The quantitative estimate of drug-likeness (QED) is 0.354. The van der Waals surface area contributed by atoms with Crippen LogP contribution in [0.5, 0.6) is 0 Å². The Balaban J connectivity index is 2.15. The molecule has 0 radical (unpaired) electrons. The van der Waals surface area contributed by atoms with Crippen LogP contribution in [0, 0.1) is 0 Å². The minimum Gasteiger partial charge on any atom is -0.478 e. The third kappa shape index (κ3) is 4.89. The zero-order valence-corrected chi connectivity index (χ0v) is 16.3. The van der Waals surface area contributed by atoms with Crippen LogP contribution in [0.15, 0.2) is 60.7 Å². The molecule has 0 aromatic heterocycles. The van der Waals surface area contributed by atoms with Gasteiger partial charge in [0, 0.05) is 0 Å². The maximum absolute atomic E-state index is 13.4. The third-order valence-electron chi connectivity index (χ3n) is 4.27. The van der Waals surface area contributed by atoms with Crippen molar-refractivity contribution in [3.8, 4) is 0 Å². The summed E-state index contributed by atoms with van der Waals surface area (Å²) in [7, 11) is 0. The zero-order valence-electron chi connectivity index (χ0n) is 15.5. The number of benzene rings is 3. The molecule has 0 heterocycles. The van der Waals surface area contributed by atoms with Gasteiger partial charge in [0.1, 0.15) is 0 Å². The Morgan fingerprint density at radius 1 is 0.742 bits per heavy atom. The number of alkyl halides is 3. The molecule has 0 atom stereocenters. The van der Waals surface area contributed by atoms with Gasteiger partial charge in [0.15, 0.2) is 0 Å². The fraction of sp³-hybridized carbons (Fsp3) is 0.0476. The number of anilines is 4. The molecule has 0 amide bonds. The number of para-hydroxylation sites is 2. The van der Waals surface area contributed by atoms with Crippen LogP contribution in [0.25, 0.3) is 0 Å². The topological polar surface area (TPSA) is 98.7 Å². The van der Waals surface area contributed by atoms with E-state index in [0.29, 0.717) is 0 Å². The maximum Gasteiger partial charge on any atom is 0.417 e. The molecule has 0 bridgehead atoms. The van der Waals surface area contributed by atoms with Crippen molar-refractivity contribution < 1.29 is 33.0 Å². The summed E-state index contributed by atoms with van der Waals surface area (Å²) in [4.78, 5) is 22.9. The third-order valence-corrected chi connectivity index (χ3v) is 4.58. The van der Waals surface area contributed by atoms with Gasteiger partial charge in [0.25, 0.3) is 0 Å². The van der Waals surface area contributed by atoms with Crippen molar-refractivity contribution in [2.75, 3.05) is 10.6 Å². The monoisotopic (exact) mass is 450 g/mol. The molecule has 160 valence electrons. The van der Waals surface area contributed by atoms with E-state index in [4.69, 9.17) is 11.6 Å². The predicted molar refractivity (Wildman–Crippen MR) is 110 cm³/mol. The standard InChI is InChI=1S/C21H14ClF3N2O4/c22-14-10-18(27-16-8-4-2-6-12(16)20(30)31)17(9-13(14)21(23,24)25)26-15-7-3-1-5-11(15)19(28)29/h1-10,26-27H,(H,28,29)(H,30,31). The van der Waals surface area contributed by atoms with Crippen molar-refractivity contribution in [1.82, 2.24) is 0 Å². The molecule has 0 fully saturated rings. The van der Waals surface area contributed by atoms with E-state index in [0.717, 1.165) is 12.1 Å². The zero-order chi connectivity index (χ0) is 22.8. The highest BCUT2D eigenvalue weighted by Crippen LogP contribution is 2.41. The molecule has 4 N–H and O–H groups in total. The van der Waals surface area contributed by atoms with E-state index in [-0.39, 0.29) is 33.9 Å². The first kappa shape index (κ1) is 22.0. The Morgan fingerprint density at radius 2 is 1.16 bits per heavy atom. The minimum absolute atomic E-state index is 0.0203. The van der Waals surface area contributed by atoms with Gasteiger partial charge in [0.05, 0.1) is 44.5 Å². The summed E-state index contributed by atoms with van der Waals surface area (Å²) < 4.78 is 40.2. The summed E-state index contributed by atoms with van der Waals surface area (Å²) in [6, 6.07) is 13.2. The lowest BCUT2D eigenvalue weighted by molar-refractivity contribution is -0.137. The van der Waals surface area contributed by atoms with Gasteiger partial charge in [-0.3, -0.25) is 0 Å². The first-order chi connectivity index (χ1) is 14.6. The summed E-state index contributed by atoms with van der Waals surface area (Å²) >= 11 is 5.84. The summed E-state index contributed by atoms with van der Waals surface area (Å²) in [5.41, 5.74) is -1.39. The molecular weight excluding hydrogens is 437 g/mol. The van der Waals surface area contributed by atoms with E-state index < -0.39 is 28.7 Å². The van der Waals surface area contributed by atoms with Crippen LogP contribution in [0.1, 0.15) is 26.3 Å². The second-order valence-corrected chi connectivity index (χ2v) is 6.73. The maximum atomic E-state index is 13.4. The molecule has 0 spiro atoms. The second kappa shape index (κ2) is 8.57. The number of halogens is 4. The molecule has 10 heteroatoms. The fourth-order valence-corrected chi connectivity index (χ4v) is 3.12. The minimum atomic E-state index is -4.77. The van der Waals surface area contributed by atoms with Gasteiger partial charge in [-0.25, -0.2) is 9.59 Å². The van der Waals surface area contributed by atoms with Crippen LogP contribution in [0.2, 0.25) is 5.02 Å². The molecule has 0 saturated heterocycles. The van der Waals surface area contributed by atoms with Crippen molar-refractivity contribution in [2.24, 2.45) is 0 Å². The highest BCUT2D eigenvalue weighted by atomic mass is 35.5. The average Bonchev–Trinajstić information content (AvgIpc) is 2.69. The number of carboxylic acid groups (broad SMARTS) is 2. The Morgan fingerprint density at radius 3 is 1.58 bits per heavy atom. The molecule has 3 rings (SSSR count). The Bertz CT molecular complexity index is 1170. The molecule has 31 heavy (non-hydrogen) atoms. The number of carboxylic acids is 2. The predicted octanol–water partition coefficient (Wildman–Crippen LogP) is 6.24. The number of rotatable bonds is 6. The van der Waals surface area contributed by atoms with Crippen LogP contribution >= 0.6 is 11.6 Å². The molecular formula is C21H14ClF3N2O4. The molecule has 0 unspecified atom stereocenters. The smallest absolute Gasteiger partial charge is 0.417 e. The molecule has 0 aliphatic heterocycles. The number of hydrogen-bond donors (Lipinski definition) is 4. The highest BCUT2D eigenvalue weighted by molar-refractivity contribution is 6.32. The largest absolute Gasteiger partial charge is 0.478 e. The van der Waals surface area contributed by atoms with E-state index in [9.17, 15) is 33.0 Å². The van der Waals surface area contributed by atoms with Gasteiger partial charge < -0.3 is 20.8 Å². The normalized spacial score (nSPS) is 11.1. The van der Waals surface area contributed by atoms with E-state index >= 15 is 0 Å². The van der Waals surface area contributed by atoms with Gasteiger partial charge in [-0.2, -0.15) is 13.2 Å². The lowest BCUT2D eigenvalue weighted by Crippen LogP contribution is -2.10. The van der Waals surface area contributed by atoms with E-state index in [1.54, 1.807) is 6.07 Å². The Kier molecular flexibility index (Phi) is 6.07. The molecule has 3 aromatic rings. The van der Waals surface area contributed by atoms with Crippen molar-refractivity contribution in [2.45, 2.75) is 6.18 Å². The van der Waals surface area contributed by atoms with Crippen molar-refractivity contribution in [3.05, 3.63) is 82.4 Å². The van der Waals surface area contributed by atoms with Gasteiger partial charge in [-0.15, -0.1) is 0 Å². The van der Waals surface area contributed by atoms with Gasteiger partial charge in [-0.1, -0.05) is 35.9 Å². The number of carbonyl (C=O) groups is 2. The highest BCUT2D eigenvalue weighted by Gasteiger charge is 2.34. The number of nitrogens with one attached hydrogen (secondary N) is 2. The first-order valence-electron chi connectivity index (χ1n) is 8.67.